The number of rotatable bonds is 11. The Morgan fingerprint density at radius 1 is 1.12 bits per heavy atom. The van der Waals surface area contributed by atoms with Crippen molar-refractivity contribution in [1.29, 1.82) is 0 Å². The highest BCUT2D eigenvalue weighted by atomic mass is 35.5. The van der Waals surface area contributed by atoms with Crippen LogP contribution < -0.4 is 15.4 Å². The van der Waals surface area contributed by atoms with Crippen LogP contribution in [0.2, 0.25) is 0 Å². The maximum atomic E-state index is 12.0. The van der Waals surface area contributed by atoms with Crippen LogP contribution in [0.25, 0.3) is 0 Å². The van der Waals surface area contributed by atoms with Crippen molar-refractivity contribution in [3.8, 4) is 0 Å². The summed E-state index contributed by atoms with van der Waals surface area (Å²) in [4.78, 5) is 21.4. The number of nitro benzene ring substituents is 1. The van der Waals surface area contributed by atoms with Gasteiger partial charge in [0.15, 0.2) is 0 Å². The Labute approximate surface area is 153 Å². The van der Waals surface area contributed by atoms with Crippen LogP contribution >= 0.6 is 12.4 Å². The van der Waals surface area contributed by atoms with Gasteiger partial charge in [-0.05, 0) is 25.1 Å². The van der Waals surface area contributed by atoms with Crippen molar-refractivity contribution in [2.24, 2.45) is 0 Å². The molecule has 0 saturated carbocycles. The SMILES string of the molecule is CCCNCCNC(=O)CCNS(=O)(=O)c1ccc([N+](=O)[O-])cc1.Cl. The van der Waals surface area contributed by atoms with Gasteiger partial charge in [0.05, 0.1) is 9.82 Å². The van der Waals surface area contributed by atoms with Gasteiger partial charge in [-0.15, -0.1) is 12.4 Å². The summed E-state index contributed by atoms with van der Waals surface area (Å²) in [5, 5.41) is 16.4. The lowest BCUT2D eigenvalue weighted by Crippen LogP contribution is -2.34. The molecule has 0 aliphatic heterocycles. The second-order valence-corrected chi connectivity index (χ2v) is 6.77. The number of halogens is 1. The number of nitrogens with one attached hydrogen (secondary N) is 3. The summed E-state index contributed by atoms with van der Waals surface area (Å²) >= 11 is 0. The van der Waals surface area contributed by atoms with E-state index >= 15 is 0 Å². The summed E-state index contributed by atoms with van der Waals surface area (Å²) in [6, 6.07) is 4.54. The molecule has 0 spiro atoms. The Morgan fingerprint density at radius 3 is 2.32 bits per heavy atom. The summed E-state index contributed by atoms with van der Waals surface area (Å²) in [6.45, 7) is 4.02. The van der Waals surface area contributed by atoms with Crippen LogP contribution in [-0.4, -0.2) is 45.4 Å². The van der Waals surface area contributed by atoms with E-state index in [0.29, 0.717) is 13.1 Å². The number of hydrogen-bond acceptors (Lipinski definition) is 6. The quantitative estimate of drug-likeness (QED) is 0.289. The third kappa shape index (κ3) is 8.77. The number of carbonyl (C=O) groups is 1. The Morgan fingerprint density at radius 2 is 1.76 bits per heavy atom. The van der Waals surface area contributed by atoms with Crippen molar-refractivity contribution in [1.82, 2.24) is 15.4 Å². The van der Waals surface area contributed by atoms with Crippen molar-refractivity contribution in [2.45, 2.75) is 24.7 Å². The maximum absolute atomic E-state index is 12.0. The van der Waals surface area contributed by atoms with Gasteiger partial charge in [-0.1, -0.05) is 6.92 Å². The van der Waals surface area contributed by atoms with E-state index in [1.54, 1.807) is 0 Å². The lowest BCUT2D eigenvalue weighted by molar-refractivity contribution is -0.384. The van der Waals surface area contributed by atoms with Gasteiger partial charge in [-0.2, -0.15) is 0 Å². The predicted molar refractivity (Wildman–Crippen MR) is 96.3 cm³/mol. The van der Waals surface area contributed by atoms with E-state index in [-0.39, 0.29) is 41.9 Å². The molecule has 9 nitrogen and oxygen atoms in total. The highest BCUT2D eigenvalue weighted by Crippen LogP contribution is 2.15. The molecule has 0 saturated heterocycles. The van der Waals surface area contributed by atoms with Gasteiger partial charge in [0, 0.05) is 38.2 Å². The fraction of sp³-hybridized carbons (Fsp3) is 0.500. The van der Waals surface area contributed by atoms with E-state index in [0.717, 1.165) is 37.2 Å². The molecule has 1 rings (SSSR count). The molecule has 0 radical (unpaired) electrons. The standard InChI is InChI=1S/C14H22N4O5S.ClH/c1-2-8-15-10-11-16-14(19)7-9-17-24(22,23)13-5-3-12(4-6-13)18(20)21;/h3-6,15,17H,2,7-11H2,1H3,(H,16,19);1H. The molecule has 11 heteroatoms. The zero-order valence-corrected chi connectivity index (χ0v) is 15.5. The van der Waals surface area contributed by atoms with E-state index < -0.39 is 14.9 Å². The summed E-state index contributed by atoms with van der Waals surface area (Å²) in [6.07, 6.45) is 1.03. The molecule has 0 unspecified atom stereocenters. The molecule has 1 amide bonds. The van der Waals surface area contributed by atoms with Crippen LogP contribution in [0.1, 0.15) is 19.8 Å². The van der Waals surface area contributed by atoms with E-state index in [1.165, 1.54) is 0 Å². The molecular weight excluding hydrogens is 372 g/mol. The van der Waals surface area contributed by atoms with Gasteiger partial charge >= 0.3 is 0 Å². The summed E-state index contributed by atoms with van der Waals surface area (Å²) in [5.41, 5.74) is -0.190. The molecule has 0 aromatic heterocycles. The Balaban J connectivity index is 0.00000576. The Kier molecular flexibility index (Phi) is 10.9. The lowest BCUT2D eigenvalue weighted by Gasteiger charge is -2.08. The molecular formula is C14H23ClN4O5S. The van der Waals surface area contributed by atoms with Crippen LogP contribution in [0.15, 0.2) is 29.2 Å². The molecule has 142 valence electrons. The maximum Gasteiger partial charge on any atom is 0.269 e. The highest BCUT2D eigenvalue weighted by Gasteiger charge is 2.15. The molecule has 0 aliphatic carbocycles. The third-order valence-electron chi connectivity index (χ3n) is 3.05. The number of amides is 1. The molecule has 0 heterocycles. The zero-order valence-electron chi connectivity index (χ0n) is 13.9. The minimum atomic E-state index is -3.80. The fourth-order valence-corrected chi connectivity index (χ4v) is 2.84. The van der Waals surface area contributed by atoms with E-state index in [2.05, 4.69) is 15.4 Å². The van der Waals surface area contributed by atoms with Crippen LogP contribution in [0, 0.1) is 10.1 Å². The summed E-state index contributed by atoms with van der Waals surface area (Å²) in [5.74, 6) is -0.250. The first-order chi connectivity index (χ1) is 11.4. The second-order valence-electron chi connectivity index (χ2n) is 5.00. The smallest absolute Gasteiger partial charge is 0.269 e. The summed E-state index contributed by atoms with van der Waals surface area (Å²) < 4.78 is 26.3. The van der Waals surface area contributed by atoms with Crippen molar-refractivity contribution in [3.63, 3.8) is 0 Å². The Hall–Kier alpha value is -1.75. The first kappa shape index (κ1) is 23.2. The minimum Gasteiger partial charge on any atom is -0.355 e. The van der Waals surface area contributed by atoms with Gasteiger partial charge in [-0.3, -0.25) is 14.9 Å². The normalized spacial score (nSPS) is 10.8. The van der Waals surface area contributed by atoms with Gasteiger partial charge in [-0.25, -0.2) is 13.1 Å². The molecule has 0 fully saturated rings. The number of nitrogens with zero attached hydrogens (tertiary/aromatic N) is 1. The minimum absolute atomic E-state index is 0. The first-order valence-electron chi connectivity index (χ1n) is 7.58. The Bertz CT molecular complexity index is 652. The van der Waals surface area contributed by atoms with E-state index in [1.807, 2.05) is 6.92 Å². The number of sulfonamides is 1. The van der Waals surface area contributed by atoms with Crippen molar-refractivity contribution >= 4 is 34.0 Å². The van der Waals surface area contributed by atoms with Crippen LogP contribution in [0.3, 0.4) is 0 Å². The monoisotopic (exact) mass is 394 g/mol. The fourth-order valence-electron chi connectivity index (χ4n) is 1.81. The number of non-ortho nitro benzene ring substituents is 1. The number of benzene rings is 1. The van der Waals surface area contributed by atoms with Crippen LogP contribution in [0.5, 0.6) is 0 Å². The average molecular weight is 395 g/mol. The van der Waals surface area contributed by atoms with Gasteiger partial charge in [0.25, 0.3) is 5.69 Å². The number of hydrogen-bond donors (Lipinski definition) is 3. The molecule has 1 aromatic carbocycles. The second kappa shape index (κ2) is 11.7. The molecule has 25 heavy (non-hydrogen) atoms. The van der Waals surface area contributed by atoms with E-state index in [4.69, 9.17) is 0 Å². The topological polar surface area (TPSA) is 130 Å². The van der Waals surface area contributed by atoms with Gasteiger partial charge in [0.1, 0.15) is 0 Å². The molecule has 0 aliphatic rings. The van der Waals surface area contributed by atoms with Gasteiger partial charge in [0.2, 0.25) is 15.9 Å². The highest BCUT2D eigenvalue weighted by molar-refractivity contribution is 7.89. The number of nitro groups is 1. The van der Waals surface area contributed by atoms with Crippen molar-refractivity contribution in [2.75, 3.05) is 26.2 Å². The third-order valence-corrected chi connectivity index (χ3v) is 4.53. The zero-order chi connectivity index (χ0) is 18.0. The lowest BCUT2D eigenvalue weighted by atomic mass is 10.3. The number of carbonyl (C=O) groups excluding carboxylic acids is 1. The van der Waals surface area contributed by atoms with E-state index in [9.17, 15) is 23.3 Å². The molecule has 1 aromatic rings. The predicted octanol–water partition coefficient (Wildman–Crippen LogP) is 0.801. The first-order valence-corrected chi connectivity index (χ1v) is 9.06. The molecule has 0 bridgehead atoms. The summed E-state index contributed by atoms with van der Waals surface area (Å²) in [7, 11) is -3.80. The van der Waals surface area contributed by atoms with Crippen molar-refractivity contribution < 1.29 is 18.1 Å². The van der Waals surface area contributed by atoms with Crippen LogP contribution in [0.4, 0.5) is 5.69 Å². The van der Waals surface area contributed by atoms with Gasteiger partial charge < -0.3 is 10.6 Å². The largest absolute Gasteiger partial charge is 0.355 e. The van der Waals surface area contributed by atoms with Crippen molar-refractivity contribution in [3.05, 3.63) is 34.4 Å². The molecule has 0 atom stereocenters. The average Bonchev–Trinajstić information content (AvgIpc) is 2.54. The van der Waals surface area contributed by atoms with Crippen LogP contribution in [-0.2, 0) is 14.8 Å². The molecule has 3 N–H and O–H groups in total.